The molecule has 0 spiro atoms. The van der Waals surface area contributed by atoms with Gasteiger partial charge in [0.25, 0.3) is 5.56 Å². The Labute approximate surface area is 98.7 Å². The summed E-state index contributed by atoms with van der Waals surface area (Å²) in [5.74, 6) is -1.54. The first-order valence-electron chi connectivity index (χ1n) is 4.45. The Morgan fingerprint density at radius 1 is 1.59 bits per heavy atom. The maximum atomic E-state index is 11.4. The fraction of sp³-hybridized carbons (Fsp3) is 0.111. The van der Waals surface area contributed by atoms with Gasteiger partial charge in [0, 0.05) is 11.6 Å². The molecule has 0 unspecified atom stereocenters. The van der Waals surface area contributed by atoms with Crippen LogP contribution in [0.4, 0.5) is 0 Å². The largest absolute Gasteiger partial charge is 0.501 e. The van der Waals surface area contributed by atoms with E-state index in [0.29, 0.717) is 5.01 Å². The van der Waals surface area contributed by atoms with E-state index in [-0.39, 0.29) is 5.82 Å². The molecule has 2 rings (SSSR count). The smallest absolute Gasteiger partial charge is 0.360 e. The minimum atomic E-state index is -0.883. The second kappa shape index (κ2) is 4.34. The van der Waals surface area contributed by atoms with Crippen LogP contribution in [0.2, 0.25) is 0 Å². The van der Waals surface area contributed by atoms with Crippen LogP contribution >= 0.6 is 11.3 Å². The Morgan fingerprint density at radius 2 is 2.35 bits per heavy atom. The standard InChI is InChI=1S/C9H7N3O4S/c1-16-9(15)4-5(13)7(14)12-6(11-4)8-10-2-3-17-8/h2-3,13H,1H3,(H,11,12,14). The molecular formula is C9H7N3O4S. The Hall–Kier alpha value is -2.22. The number of rotatable bonds is 2. The van der Waals surface area contributed by atoms with E-state index in [1.54, 1.807) is 5.38 Å². The van der Waals surface area contributed by atoms with E-state index in [2.05, 4.69) is 19.7 Å². The van der Waals surface area contributed by atoms with E-state index in [0.717, 1.165) is 7.11 Å². The van der Waals surface area contributed by atoms with Crippen LogP contribution in [0.15, 0.2) is 16.4 Å². The lowest BCUT2D eigenvalue weighted by Gasteiger charge is -2.02. The number of aromatic nitrogens is 3. The maximum Gasteiger partial charge on any atom is 0.360 e. The summed E-state index contributed by atoms with van der Waals surface area (Å²) in [5.41, 5.74) is -1.24. The zero-order valence-electron chi connectivity index (χ0n) is 8.63. The summed E-state index contributed by atoms with van der Waals surface area (Å²) in [5, 5.41) is 11.5. The molecule has 2 N–H and O–H groups in total. The average molecular weight is 253 g/mol. The van der Waals surface area contributed by atoms with Crippen LogP contribution in [0.3, 0.4) is 0 Å². The summed E-state index contributed by atoms with van der Waals surface area (Å²) in [6, 6.07) is 0. The zero-order valence-corrected chi connectivity index (χ0v) is 9.45. The number of ether oxygens (including phenoxy) is 1. The zero-order chi connectivity index (χ0) is 12.4. The van der Waals surface area contributed by atoms with Gasteiger partial charge < -0.3 is 14.8 Å². The van der Waals surface area contributed by atoms with Crippen LogP contribution in [0.5, 0.6) is 5.75 Å². The molecule has 0 aliphatic carbocycles. The van der Waals surface area contributed by atoms with Crippen molar-refractivity contribution in [1.82, 2.24) is 15.0 Å². The first-order chi connectivity index (χ1) is 8.13. The summed E-state index contributed by atoms with van der Waals surface area (Å²) in [6.45, 7) is 0. The Bertz CT molecular complexity index is 605. The number of thiazole rings is 1. The predicted octanol–water partition coefficient (Wildman–Crippen LogP) is 0.386. The van der Waals surface area contributed by atoms with E-state index in [4.69, 9.17) is 0 Å². The second-order valence-electron chi connectivity index (χ2n) is 2.94. The highest BCUT2D eigenvalue weighted by molar-refractivity contribution is 7.12. The van der Waals surface area contributed by atoms with Crippen LogP contribution < -0.4 is 5.56 Å². The molecule has 2 heterocycles. The van der Waals surface area contributed by atoms with Crippen molar-refractivity contribution < 1.29 is 14.6 Å². The second-order valence-corrected chi connectivity index (χ2v) is 3.84. The van der Waals surface area contributed by atoms with Crippen LogP contribution in [0, 0.1) is 0 Å². The Morgan fingerprint density at radius 3 is 2.94 bits per heavy atom. The summed E-state index contributed by atoms with van der Waals surface area (Å²) in [4.78, 5) is 32.8. The summed E-state index contributed by atoms with van der Waals surface area (Å²) >= 11 is 1.24. The van der Waals surface area contributed by atoms with Gasteiger partial charge >= 0.3 is 5.97 Å². The fourth-order valence-electron chi connectivity index (χ4n) is 1.15. The molecule has 88 valence electrons. The third-order valence-corrected chi connectivity index (χ3v) is 2.69. The van der Waals surface area contributed by atoms with Gasteiger partial charge in [-0.05, 0) is 0 Å². The lowest BCUT2D eigenvalue weighted by atomic mass is 10.3. The van der Waals surface area contributed by atoms with Crippen molar-refractivity contribution in [3.05, 3.63) is 27.6 Å². The minimum Gasteiger partial charge on any atom is -0.501 e. The lowest BCUT2D eigenvalue weighted by molar-refractivity contribution is 0.0590. The summed E-state index contributed by atoms with van der Waals surface area (Å²) in [7, 11) is 1.13. The molecule has 7 nitrogen and oxygen atoms in total. The summed E-state index contributed by atoms with van der Waals surface area (Å²) < 4.78 is 4.41. The molecule has 0 aliphatic rings. The highest BCUT2D eigenvalue weighted by atomic mass is 32.1. The Kier molecular flexibility index (Phi) is 2.88. The number of carbonyl (C=O) groups excluding carboxylic acids is 1. The minimum absolute atomic E-state index is 0.114. The lowest BCUT2D eigenvalue weighted by Crippen LogP contribution is -2.16. The van der Waals surface area contributed by atoms with Crippen molar-refractivity contribution >= 4 is 17.3 Å². The number of carbonyl (C=O) groups is 1. The van der Waals surface area contributed by atoms with E-state index in [1.165, 1.54) is 17.5 Å². The van der Waals surface area contributed by atoms with Crippen LogP contribution in [0.25, 0.3) is 10.8 Å². The molecule has 8 heteroatoms. The fourth-order valence-corrected chi connectivity index (χ4v) is 1.73. The third kappa shape index (κ3) is 2.02. The number of hydrogen-bond acceptors (Lipinski definition) is 7. The van der Waals surface area contributed by atoms with Gasteiger partial charge in [0.1, 0.15) is 0 Å². The molecule has 0 fully saturated rings. The normalized spacial score (nSPS) is 10.2. The van der Waals surface area contributed by atoms with Crippen molar-refractivity contribution in [2.45, 2.75) is 0 Å². The third-order valence-electron chi connectivity index (χ3n) is 1.91. The van der Waals surface area contributed by atoms with Gasteiger partial charge in [0.15, 0.2) is 16.5 Å². The number of H-pyrrole nitrogens is 1. The number of esters is 1. The number of aromatic amines is 1. The van der Waals surface area contributed by atoms with Crippen LogP contribution in [0.1, 0.15) is 10.5 Å². The van der Waals surface area contributed by atoms with Gasteiger partial charge in [-0.15, -0.1) is 11.3 Å². The molecule has 0 saturated carbocycles. The van der Waals surface area contributed by atoms with E-state index < -0.39 is 23.0 Å². The number of nitrogens with zero attached hydrogens (tertiary/aromatic N) is 2. The SMILES string of the molecule is COC(=O)c1nc(-c2nccs2)[nH]c(=O)c1O. The Balaban J connectivity index is 2.62. The first kappa shape index (κ1) is 11.3. The van der Waals surface area contributed by atoms with Crippen LogP contribution in [-0.4, -0.2) is 33.1 Å². The summed E-state index contributed by atoms with van der Waals surface area (Å²) in [6.07, 6.45) is 1.53. The van der Waals surface area contributed by atoms with Crippen molar-refractivity contribution in [1.29, 1.82) is 0 Å². The number of methoxy groups -OCH3 is 1. The van der Waals surface area contributed by atoms with Gasteiger partial charge in [0.2, 0.25) is 5.75 Å². The van der Waals surface area contributed by atoms with Gasteiger partial charge in [-0.3, -0.25) is 4.79 Å². The molecule has 0 atom stereocenters. The topological polar surface area (TPSA) is 105 Å². The average Bonchev–Trinajstić information content (AvgIpc) is 2.85. The number of nitrogens with one attached hydrogen (secondary N) is 1. The van der Waals surface area contributed by atoms with Gasteiger partial charge in [-0.25, -0.2) is 14.8 Å². The monoisotopic (exact) mass is 253 g/mol. The maximum absolute atomic E-state index is 11.4. The first-order valence-corrected chi connectivity index (χ1v) is 5.33. The molecule has 2 aromatic heterocycles. The molecule has 0 bridgehead atoms. The predicted molar refractivity (Wildman–Crippen MR) is 59.0 cm³/mol. The molecule has 2 aromatic rings. The van der Waals surface area contributed by atoms with Gasteiger partial charge in [-0.2, -0.15) is 0 Å². The molecule has 17 heavy (non-hydrogen) atoms. The van der Waals surface area contributed by atoms with E-state index in [9.17, 15) is 14.7 Å². The number of aromatic hydroxyl groups is 1. The molecule has 0 aromatic carbocycles. The van der Waals surface area contributed by atoms with Gasteiger partial charge in [-0.1, -0.05) is 0 Å². The molecule has 0 radical (unpaired) electrons. The van der Waals surface area contributed by atoms with Crippen molar-refractivity contribution in [3.8, 4) is 16.6 Å². The van der Waals surface area contributed by atoms with E-state index >= 15 is 0 Å². The van der Waals surface area contributed by atoms with Gasteiger partial charge in [0.05, 0.1) is 7.11 Å². The quantitative estimate of drug-likeness (QED) is 0.750. The molecule has 0 amide bonds. The number of hydrogen-bond donors (Lipinski definition) is 2. The van der Waals surface area contributed by atoms with E-state index in [1.807, 2.05) is 0 Å². The van der Waals surface area contributed by atoms with Crippen molar-refractivity contribution in [2.75, 3.05) is 7.11 Å². The van der Waals surface area contributed by atoms with Crippen molar-refractivity contribution in [3.63, 3.8) is 0 Å². The molecule has 0 saturated heterocycles. The van der Waals surface area contributed by atoms with Crippen LogP contribution in [-0.2, 0) is 4.74 Å². The highest BCUT2D eigenvalue weighted by Gasteiger charge is 2.19. The van der Waals surface area contributed by atoms with Crippen molar-refractivity contribution in [2.24, 2.45) is 0 Å². The molecule has 0 aliphatic heterocycles. The molecular weight excluding hydrogens is 246 g/mol. The highest BCUT2D eigenvalue weighted by Crippen LogP contribution is 2.19.